The van der Waals surface area contributed by atoms with Gasteiger partial charge < -0.3 is 4.74 Å². The lowest BCUT2D eigenvalue weighted by Gasteiger charge is -2.13. The van der Waals surface area contributed by atoms with Crippen LogP contribution in [0, 0.1) is 6.92 Å². The normalized spacial score (nSPS) is 11.7. The molecule has 4 aromatic rings. The minimum absolute atomic E-state index is 0.161. The van der Waals surface area contributed by atoms with Gasteiger partial charge in [0.1, 0.15) is 12.4 Å². The second kappa shape index (κ2) is 7.75. The Balaban J connectivity index is 1.81. The van der Waals surface area contributed by atoms with E-state index in [9.17, 15) is 8.42 Å². The Morgan fingerprint density at radius 1 is 0.966 bits per heavy atom. The molecule has 0 radical (unpaired) electrons. The molecule has 0 fully saturated rings. The molecule has 0 spiro atoms. The number of aromatic nitrogens is 1. The molecule has 0 N–H and O–H groups in total. The van der Waals surface area contributed by atoms with Gasteiger partial charge in [-0.05, 0) is 30.7 Å². The van der Waals surface area contributed by atoms with Crippen molar-refractivity contribution < 1.29 is 13.2 Å². The molecule has 0 aliphatic rings. The quantitative estimate of drug-likeness (QED) is 0.374. The third-order valence-electron chi connectivity index (χ3n) is 4.61. The number of nitrogens with zero attached hydrogens (tertiary/aromatic N) is 1. The van der Waals surface area contributed by atoms with Gasteiger partial charge in [0.25, 0.3) is 10.0 Å². The van der Waals surface area contributed by atoms with E-state index in [2.05, 4.69) is 0 Å². The van der Waals surface area contributed by atoms with Crippen molar-refractivity contribution in [3.8, 4) is 5.75 Å². The van der Waals surface area contributed by atoms with Crippen molar-refractivity contribution in [3.05, 3.63) is 94.1 Å². The highest BCUT2D eigenvalue weighted by Gasteiger charge is 2.23. The van der Waals surface area contributed by atoms with Crippen molar-refractivity contribution in [3.63, 3.8) is 0 Å². The molecule has 0 amide bonds. The molecule has 29 heavy (non-hydrogen) atoms. The molecule has 0 aliphatic carbocycles. The Kier molecular flexibility index (Phi) is 5.30. The second-order valence-electron chi connectivity index (χ2n) is 6.64. The number of ether oxygens (including phenoxy) is 1. The smallest absolute Gasteiger partial charge is 0.268 e. The molecule has 7 heteroatoms. The van der Waals surface area contributed by atoms with Crippen LogP contribution in [0.3, 0.4) is 0 Å². The first-order valence-corrected chi connectivity index (χ1v) is 11.1. The van der Waals surface area contributed by atoms with Crippen LogP contribution in [0.15, 0.2) is 77.8 Å². The molecule has 0 saturated carbocycles. The van der Waals surface area contributed by atoms with Crippen molar-refractivity contribution in [2.45, 2.75) is 18.4 Å². The zero-order valence-electron chi connectivity index (χ0n) is 15.5. The lowest BCUT2D eigenvalue weighted by molar-refractivity contribution is 0.310. The fourth-order valence-corrected chi connectivity index (χ4v) is 4.92. The summed E-state index contributed by atoms with van der Waals surface area (Å²) >= 11 is 12.7. The van der Waals surface area contributed by atoms with Crippen LogP contribution >= 0.6 is 23.2 Å². The predicted octanol–water partition coefficient (Wildman–Crippen LogP) is 6.07. The topological polar surface area (TPSA) is 48.3 Å². The van der Waals surface area contributed by atoms with Crippen LogP contribution in [0.5, 0.6) is 5.75 Å². The summed E-state index contributed by atoms with van der Waals surface area (Å²) in [6.07, 6.45) is 1.47. The fourth-order valence-electron chi connectivity index (χ4n) is 3.08. The van der Waals surface area contributed by atoms with Gasteiger partial charge in [-0.15, -0.1) is 0 Å². The number of halogens is 2. The van der Waals surface area contributed by atoms with Gasteiger partial charge in [0, 0.05) is 17.6 Å². The van der Waals surface area contributed by atoms with Crippen LogP contribution in [-0.4, -0.2) is 12.4 Å². The van der Waals surface area contributed by atoms with Gasteiger partial charge >= 0.3 is 0 Å². The van der Waals surface area contributed by atoms with Crippen LogP contribution in [0.1, 0.15) is 11.1 Å². The van der Waals surface area contributed by atoms with E-state index in [1.54, 1.807) is 36.4 Å². The summed E-state index contributed by atoms with van der Waals surface area (Å²) in [5.41, 5.74) is 2.25. The van der Waals surface area contributed by atoms with Gasteiger partial charge in [0.05, 0.1) is 20.5 Å². The second-order valence-corrected chi connectivity index (χ2v) is 9.24. The Hall–Kier alpha value is -2.47. The van der Waals surface area contributed by atoms with E-state index in [-0.39, 0.29) is 14.9 Å². The van der Waals surface area contributed by atoms with Crippen molar-refractivity contribution >= 4 is 44.1 Å². The Bertz CT molecular complexity index is 1280. The lowest BCUT2D eigenvalue weighted by Crippen LogP contribution is -2.12. The van der Waals surface area contributed by atoms with Gasteiger partial charge in [-0.3, -0.25) is 0 Å². The van der Waals surface area contributed by atoms with Crippen molar-refractivity contribution in [1.82, 2.24) is 3.97 Å². The van der Waals surface area contributed by atoms with Gasteiger partial charge in [0.15, 0.2) is 0 Å². The number of hydrogen-bond donors (Lipinski definition) is 0. The Morgan fingerprint density at radius 2 is 1.66 bits per heavy atom. The molecule has 148 valence electrons. The van der Waals surface area contributed by atoms with E-state index < -0.39 is 10.0 Å². The van der Waals surface area contributed by atoms with Crippen LogP contribution in [0.4, 0.5) is 0 Å². The monoisotopic (exact) mass is 445 g/mol. The number of benzene rings is 3. The summed E-state index contributed by atoms with van der Waals surface area (Å²) in [4.78, 5) is 0.170. The number of fused-ring (bicyclic) bond motifs is 1. The zero-order chi connectivity index (χ0) is 20.6. The van der Waals surface area contributed by atoms with E-state index in [0.717, 1.165) is 15.1 Å². The van der Waals surface area contributed by atoms with E-state index >= 15 is 0 Å². The third-order valence-corrected chi connectivity index (χ3v) is 7.08. The average Bonchev–Trinajstić information content (AvgIpc) is 3.17. The van der Waals surface area contributed by atoms with Crippen LogP contribution in [0.2, 0.25) is 10.0 Å². The lowest BCUT2D eigenvalue weighted by atomic mass is 10.2. The summed E-state index contributed by atoms with van der Waals surface area (Å²) in [6.45, 7) is 2.22. The molecular formula is C22H17Cl2NO3S. The summed E-state index contributed by atoms with van der Waals surface area (Å²) in [6, 6.07) is 19.6. The molecule has 4 rings (SSSR count). The molecule has 0 aliphatic heterocycles. The minimum atomic E-state index is -3.84. The number of hydrogen-bond acceptors (Lipinski definition) is 3. The van der Waals surface area contributed by atoms with Crippen molar-refractivity contribution in [2.24, 2.45) is 0 Å². The molecule has 0 atom stereocenters. The molecule has 0 saturated heterocycles. The molecule has 0 unspecified atom stereocenters. The molecule has 3 aromatic carbocycles. The van der Waals surface area contributed by atoms with Crippen molar-refractivity contribution in [1.29, 1.82) is 0 Å². The molecule has 4 nitrogen and oxygen atoms in total. The average molecular weight is 446 g/mol. The minimum Gasteiger partial charge on any atom is -0.488 e. The highest BCUT2D eigenvalue weighted by molar-refractivity contribution is 7.90. The van der Waals surface area contributed by atoms with Gasteiger partial charge in [-0.25, -0.2) is 12.4 Å². The first-order chi connectivity index (χ1) is 13.9. The molecule has 0 bridgehead atoms. The standard InChI is InChI=1S/C22H17Cl2NO3S/c1-15-7-9-17(10-8-15)29(26,27)25-12-11-18-20(13-19(23)21(24)22(18)25)28-14-16-5-3-2-4-6-16/h2-13H,14H2,1H3. The molecule has 1 heterocycles. The number of aryl methyl sites for hydroxylation is 1. The summed E-state index contributed by atoms with van der Waals surface area (Å²) in [5.74, 6) is 0.469. The van der Waals surface area contributed by atoms with E-state index in [0.29, 0.717) is 23.3 Å². The zero-order valence-corrected chi connectivity index (χ0v) is 17.8. The van der Waals surface area contributed by atoms with Crippen LogP contribution < -0.4 is 4.74 Å². The summed E-state index contributed by atoms with van der Waals surface area (Å²) in [5, 5.41) is 0.960. The summed E-state index contributed by atoms with van der Waals surface area (Å²) in [7, 11) is -3.84. The van der Waals surface area contributed by atoms with Gasteiger partial charge in [0.2, 0.25) is 0 Å². The fraction of sp³-hybridized carbons (Fsp3) is 0.0909. The third kappa shape index (κ3) is 3.73. The first kappa shape index (κ1) is 19.8. The van der Waals surface area contributed by atoms with E-state index in [1.165, 1.54) is 6.20 Å². The van der Waals surface area contributed by atoms with Crippen LogP contribution in [0.25, 0.3) is 10.9 Å². The maximum absolute atomic E-state index is 13.2. The van der Waals surface area contributed by atoms with E-state index in [1.807, 2.05) is 37.3 Å². The Labute approximate surface area is 179 Å². The Morgan fingerprint density at radius 3 is 2.34 bits per heavy atom. The molecule has 1 aromatic heterocycles. The van der Waals surface area contributed by atoms with Gasteiger partial charge in [-0.1, -0.05) is 71.2 Å². The highest BCUT2D eigenvalue weighted by Crippen LogP contribution is 2.39. The highest BCUT2D eigenvalue weighted by atomic mass is 35.5. The largest absolute Gasteiger partial charge is 0.488 e. The first-order valence-electron chi connectivity index (χ1n) is 8.86. The van der Waals surface area contributed by atoms with Gasteiger partial charge in [-0.2, -0.15) is 0 Å². The number of rotatable bonds is 5. The van der Waals surface area contributed by atoms with Crippen molar-refractivity contribution in [2.75, 3.05) is 0 Å². The molecular weight excluding hydrogens is 429 g/mol. The van der Waals surface area contributed by atoms with Crippen LogP contribution in [-0.2, 0) is 16.6 Å². The summed E-state index contributed by atoms with van der Waals surface area (Å²) < 4.78 is 33.5. The maximum atomic E-state index is 13.2. The maximum Gasteiger partial charge on any atom is 0.268 e. The SMILES string of the molecule is Cc1ccc(S(=O)(=O)n2ccc3c(OCc4ccccc4)cc(Cl)c(Cl)c32)cc1. The predicted molar refractivity (Wildman–Crippen MR) is 116 cm³/mol. The van der Waals surface area contributed by atoms with E-state index in [4.69, 9.17) is 27.9 Å².